The molecule has 0 saturated carbocycles. The topological polar surface area (TPSA) is 73.8 Å². The van der Waals surface area contributed by atoms with Gasteiger partial charge in [-0.3, -0.25) is 4.79 Å². The number of piperazine rings is 1. The Kier molecular flexibility index (Phi) is 6.54. The van der Waals surface area contributed by atoms with Crippen molar-refractivity contribution in [2.45, 2.75) is 28.7 Å². The summed E-state index contributed by atoms with van der Waals surface area (Å²) in [7, 11) is -3.86. The summed E-state index contributed by atoms with van der Waals surface area (Å²) in [5.41, 5.74) is 0.976. The predicted octanol–water partition coefficient (Wildman–Crippen LogP) is 3.66. The average molecular weight is 521 g/mol. The summed E-state index contributed by atoms with van der Waals surface area (Å²) in [5.74, 6) is -0.652. The van der Waals surface area contributed by atoms with Gasteiger partial charge in [0.05, 0.1) is 15.1 Å². The first-order chi connectivity index (χ1) is 16.4. The summed E-state index contributed by atoms with van der Waals surface area (Å²) >= 11 is 3.36. The van der Waals surface area contributed by atoms with Gasteiger partial charge in [-0.2, -0.15) is 4.31 Å². The minimum atomic E-state index is -3.86. The highest BCUT2D eigenvalue weighted by atomic mass is 32.2. The molecule has 2 aliphatic rings. The molecule has 0 aliphatic carbocycles. The first-order valence-electron chi connectivity index (χ1n) is 11.1. The van der Waals surface area contributed by atoms with Crippen LogP contribution in [0.1, 0.15) is 12.8 Å². The van der Waals surface area contributed by atoms with E-state index in [1.165, 1.54) is 21.3 Å². The number of sulfonamides is 1. The number of hydrogen-bond donors (Lipinski definition) is 0. The quantitative estimate of drug-likeness (QED) is 0.478. The van der Waals surface area contributed by atoms with E-state index in [9.17, 15) is 17.6 Å². The molecule has 180 valence electrons. The number of carbonyl (C=O) groups is 1. The van der Waals surface area contributed by atoms with E-state index < -0.39 is 21.9 Å². The molecule has 1 amide bonds. The number of thiazole rings is 1. The Bertz CT molecular complexity index is 1300. The van der Waals surface area contributed by atoms with Crippen molar-refractivity contribution in [2.24, 2.45) is 0 Å². The number of fused-ring (bicyclic) bond motifs is 1. The Labute approximate surface area is 206 Å². The van der Waals surface area contributed by atoms with Crippen LogP contribution in [0.2, 0.25) is 0 Å². The van der Waals surface area contributed by atoms with Crippen molar-refractivity contribution in [1.82, 2.24) is 14.2 Å². The zero-order valence-electron chi connectivity index (χ0n) is 18.7. The molecular weight excluding hydrogens is 495 g/mol. The fourth-order valence-corrected chi connectivity index (χ4v) is 7.72. The number of nitrogens with zero attached hydrogens (tertiary/aromatic N) is 4. The Morgan fingerprint density at radius 1 is 1.09 bits per heavy atom. The van der Waals surface area contributed by atoms with E-state index in [-0.39, 0.29) is 10.8 Å². The SMILES string of the molecule is CSc1ccc2nc(N3CCN(C(=O)C4CCCN4S(=O)(=O)c4ccc(F)cc4)CC3)sc2c1. The zero-order valence-corrected chi connectivity index (χ0v) is 21.1. The summed E-state index contributed by atoms with van der Waals surface area (Å²) in [6.07, 6.45) is 3.17. The predicted molar refractivity (Wildman–Crippen MR) is 134 cm³/mol. The molecule has 0 bridgehead atoms. The van der Waals surface area contributed by atoms with Crippen LogP contribution in [0, 0.1) is 5.82 Å². The Morgan fingerprint density at radius 2 is 1.82 bits per heavy atom. The van der Waals surface area contributed by atoms with Crippen molar-refractivity contribution >= 4 is 54.4 Å². The van der Waals surface area contributed by atoms with Crippen molar-refractivity contribution in [1.29, 1.82) is 0 Å². The van der Waals surface area contributed by atoms with E-state index in [2.05, 4.69) is 23.3 Å². The molecule has 1 aromatic heterocycles. The molecule has 2 fully saturated rings. The zero-order chi connectivity index (χ0) is 23.9. The highest BCUT2D eigenvalue weighted by molar-refractivity contribution is 7.98. The lowest BCUT2D eigenvalue weighted by Crippen LogP contribution is -2.54. The number of benzene rings is 2. The van der Waals surface area contributed by atoms with Crippen LogP contribution in [0.4, 0.5) is 9.52 Å². The molecule has 0 N–H and O–H groups in total. The molecule has 2 aliphatic heterocycles. The lowest BCUT2D eigenvalue weighted by molar-refractivity contribution is -0.134. The molecule has 2 saturated heterocycles. The third-order valence-corrected chi connectivity index (χ3v) is 10.1. The van der Waals surface area contributed by atoms with Crippen LogP contribution in [0.3, 0.4) is 0 Å². The number of aromatic nitrogens is 1. The van der Waals surface area contributed by atoms with Gasteiger partial charge in [-0.25, -0.2) is 17.8 Å². The Morgan fingerprint density at radius 3 is 2.53 bits per heavy atom. The highest BCUT2D eigenvalue weighted by Crippen LogP contribution is 2.33. The van der Waals surface area contributed by atoms with Gasteiger partial charge < -0.3 is 9.80 Å². The number of anilines is 1. The summed E-state index contributed by atoms with van der Waals surface area (Å²) in [4.78, 5) is 23.3. The molecule has 7 nitrogen and oxygen atoms in total. The summed E-state index contributed by atoms with van der Waals surface area (Å²) in [6, 6.07) is 10.3. The van der Waals surface area contributed by atoms with Crippen molar-refractivity contribution in [3.8, 4) is 0 Å². The molecular formula is C23H25FN4O3S3. The molecule has 1 unspecified atom stereocenters. The van der Waals surface area contributed by atoms with E-state index in [1.54, 1.807) is 28.0 Å². The van der Waals surface area contributed by atoms with Crippen molar-refractivity contribution < 1.29 is 17.6 Å². The number of hydrogen-bond acceptors (Lipinski definition) is 7. The van der Waals surface area contributed by atoms with Crippen LogP contribution in [0.5, 0.6) is 0 Å². The molecule has 0 radical (unpaired) electrons. The summed E-state index contributed by atoms with van der Waals surface area (Å²) < 4.78 is 42.0. The number of rotatable bonds is 5. The van der Waals surface area contributed by atoms with E-state index in [0.717, 1.165) is 27.5 Å². The van der Waals surface area contributed by atoms with Gasteiger partial charge in [0.2, 0.25) is 15.9 Å². The lowest BCUT2D eigenvalue weighted by atomic mass is 10.2. The molecule has 2 aromatic carbocycles. The molecule has 34 heavy (non-hydrogen) atoms. The van der Waals surface area contributed by atoms with Crippen LogP contribution in [0.25, 0.3) is 10.2 Å². The monoisotopic (exact) mass is 520 g/mol. The molecule has 1 atom stereocenters. The minimum absolute atomic E-state index is 0.0129. The number of carbonyl (C=O) groups excluding carboxylic acids is 1. The minimum Gasteiger partial charge on any atom is -0.345 e. The largest absolute Gasteiger partial charge is 0.345 e. The van der Waals surface area contributed by atoms with Crippen molar-refractivity contribution in [2.75, 3.05) is 43.9 Å². The van der Waals surface area contributed by atoms with E-state index in [0.29, 0.717) is 45.6 Å². The standard InChI is InChI=1S/C23H25FN4O3S3/c1-32-17-6-9-19-21(15-17)33-23(25-19)27-13-11-26(12-14-27)22(29)20-3-2-10-28(20)34(30,31)18-7-4-16(24)5-8-18/h4-9,15,20H,2-3,10-14H2,1H3. The van der Waals surface area contributed by atoms with E-state index in [1.807, 2.05) is 6.07 Å². The van der Waals surface area contributed by atoms with Crippen LogP contribution in [0.15, 0.2) is 52.3 Å². The molecule has 11 heteroatoms. The van der Waals surface area contributed by atoms with E-state index in [4.69, 9.17) is 4.98 Å². The van der Waals surface area contributed by atoms with Gasteiger partial charge in [0.1, 0.15) is 11.9 Å². The maximum Gasteiger partial charge on any atom is 0.243 e. The normalized spacial score (nSPS) is 19.8. The van der Waals surface area contributed by atoms with Gasteiger partial charge in [-0.05, 0) is 61.6 Å². The average Bonchev–Trinajstić information content (AvgIpc) is 3.51. The van der Waals surface area contributed by atoms with Crippen molar-refractivity contribution in [3.05, 3.63) is 48.3 Å². The first kappa shape index (κ1) is 23.5. The van der Waals surface area contributed by atoms with Crippen LogP contribution in [-0.4, -0.2) is 73.5 Å². The Hall–Kier alpha value is -2.21. The fourth-order valence-electron chi connectivity index (χ4n) is 4.50. The van der Waals surface area contributed by atoms with Gasteiger partial charge in [-0.1, -0.05) is 11.3 Å². The molecule has 0 spiro atoms. The highest BCUT2D eigenvalue weighted by Gasteiger charge is 2.41. The first-order valence-corrected chi connectivity index (χ1v) is 14.6. The fraction of sp³-hybridized carbons (Fsp3) is 0.391. The van der Waals surface area contributed by atoms with Gasteiger partial charge >= 0.3 is 0 Å². The maximum absolute atomic E-state index is 13.3. The van der Waals surface area contributed by atoms with Gasteiger partial charge in [0.15, 0.2) is 5.13 Å². The van der Waals surface area contributed by atoms with Crippen LogP contribution >= 0.6 is 23.1 Å². The summed E-state index contributed by atoms with van der Waals surface area (Å²) in [5, 5.41) is 0.946. The number of halogens is 1. The molecule has 5 rings (SSSR count). The second kappa shape index (κ2) is 9.44. The van der Waals surface area contributed by atoms with Crippen LogP contribution < -0.4 is 4.90 Å². The number of thioether (sulfide) groups is 1. The Balaban J connectivity index is 1.26. The summed E-state index contributed by atoms with van der Waals surface area (Å²) in [6.45, 7) is 2.63. The second-order valence-electron chi connectivity index (χ2n) is 8.37. The second-order valence-corrected chi connectivity index (χ2v) is 12.1. The number of amides is 1. The molecule has 3 aromatic rings. The molecule has 3 heterocycles. The van der Waals surface area contributed by atoms with Gasteiger partial charge in [0, 0.05) is 37.6 Å². The maximum atomic E-state index is 13.3. The lowest BCUT2D eigenvalue weighted by Gasteiger charge is -2.37. The van der Waals surface area contributed by atoms with E-state index >= 15 is 0 Å². The van der Waals surface area contributed by atoms with Gasteiger partial charge in [0.25, 0.3) is 0 Å². The smallest absolute Gasteiger partial charge is 0.243 e. The van der Waals surface area contributed by atoms with Crippen LogP contribution in [-0.2, 0) is 14.8 Å². The third-order valence-electron chi connectivity index (χ3n) is 6.36. The van der Waals surface area contributed by atoms with Gasteiger partial charge in [-0.15, -0.1) is 11.8 Å². The third kappa shape index (κ3) is 4.41. The van der Waals surface area contributed by atoms with Crippen molar-refractivity contribution in [3.63, 3.8) is 0 Å².